The average Bonchev–Trinajstić information content (AvgIpc) is 3.22. The number of aromatic nitrogens is 2. The molecule has 0 bridgehead atoms. The minimum absolute atomic E-state index is 0.0110. The lowest BCUT2D eigenvalue weighted by Crippen LogP contribution is -2.26. The third-order valence-corrected chi connectivity index (χ3v) is 6.94. The number of anilines is 1. The summed E-state index contributed by atoms with van der Waals surface area (Å²) in [4.78, 5) is 36.8. The highest BCUT2D eigenvalue weighted by Gasteiger charge is 2.30. The highest BCUT2D eigenvalue weighted by Crippen LogP contribution is 2.32. The summed E-state index contributed by atoms with van der Waals surface area (Å²) in [6.45, 7) is 6.77. The van der Waals surface area contributed by atoms with Gasteiger partial charge in [0.1, 0.15) is 5.82 Å². The Morgan fingerprint density at radius 2 is 1.65 bits per heavy atom. The fourth-order valence-corrected chi connectivity index (χ4v) is 4.77. The molecule has 0 spiro atoms. The molecule has 1 aliphatic rings. The van der Waals surface area contributed by atoms with Crippen LogP contribution in [0.3, 0.4) is 0 Å². The van der Waals surface area contributed by atoms with Gasteiger partial charge in [0, 0.05) is 29.3 Å². The largest absolute Gasteiger partial charge is 0.294 e. The number of nitrogens with zero attached hydrogens (tertiary/aromatic N) is 3. The summed E-state index contributed by atoms with van der Waals surface area (Å²) in [6.07, 6.45) is 3.28. The number of carbonyl (C=O) groups is 2. The van der Waals surface area contributed by atoms with Crippen molar-refractivity contribution in [1.29, 1.82) is 0 Å². The second kappa shape index (κ2) is 10.5. The molecule has 0 aliphatic carbocycles. The van der Waals surface area contributed by atoms with Gasteiger partial charge in [-0.05, 0) is 36.0 Å². The Balaban J connectivity index is 1.30. The van der Waals surface area contributed by atoms with Crippen molar-refractivity contribution in [3.8, 4) is 11.4 Å². The molecule has 5 rings (SSSR count). The Labute approximate surface area is 218 Å². The zero-order chi connectivity index (χ0) is 25.9. The van der Waals surface area contributed by atoms with E-state index in [0.717, 1.165) is 23.1 Å². The number of benzene rings is 3. The second-order valence-electron chi connectivity index (χ2n) is 10.0. The zero-order valence-corrected chi connectivity index (χ0v) is 21.6. The van der Waals surface area contributed by atoms with Gasteiger partial charge in [-0.1, -0.05) is 92.2 Å². The maximum Gasteiger partial charge on any atom is 0.233 e. The molecule has 1 aliphatic heterocycles. The Kier molecular flexibility index (Phi) is 6.95. The molecule has 2 heterocycles. The maximum absolute atomic E-state index is 12.9. The van der Waals surface area contributed by atoms with E-state index in [1.807, 2.05) is 42.5 Å². The summed E-state index contributed by atoms with van der Waals surface area (Å²) < 4.78 is 0. The van der Waals surface area contributed by atoms with Crippen molar-refractivity contribution < 1.29 is 9.59 Å². The number of carbonyl (C=O) groups excluding carboxylic acids is 2. The van der Waals surface area contributed by atoms with Crippen molar-refractivity contribution in [1.82, 2.24) is 9.97 Å². The van der Waals surface area contributed by atoms with Crippen molar-refractivity contribution in [3.05, 3.63) is 112 Å². The van der Waals surface area contributed by atoms with E-state index in [0.29, 0.717) is 42.5 Å². The van der Waals surface area contributed by atoms with Gasteiger partial charge in [0.15, 0.2) is 11.6 Å². The first-order chi connectivity index (χ1) is 17.9. The van der Waals surface area contributed by atoms with Crippen LogP contribution >= 0.6 is 0 Å². The molecule has 1 amide bonds. The molecule has 5 heteroatoms. The van der Waals surface area contributed by atoms with Crippen LogP contribution in [0.4, 0.5) is 5.82 Å². The summed E-state index contributed by atoms with van der Waals surface area (Å²) in [6, 6.07) is 24.0. The molecule has 0 radical (unpaired) electrons. The first-order valence-electron chi connectivity index (χ1n) is 12.8. The molecule has 0 unspecified atom stereocenters. The fourth-order valence-electron chi connectivity index (χ4n) is 4.77. The number of hydrogen-bond donors (Lipinski definition) is 0. The molecule has 0 saturated carbocycles. The van der Waals surface area contributed by atoms with E-state index in [4.69, 9.17) is 4.98 Å². The Bertz CT molecular complexity index is 1440. The lowest BCUT2D eigenvalue weighted by Gasteiger charge is -2.18. The van der Waals surface area contributed by atoms with E-state index in [-0.39, 0.29) is 11.7 Å². The molecule has 4 aromatic rings. The molecule has 0 N–H and O–H groups in total. The first-order valence-corrected chi connectivity index (χ1v) is 12.8. The number of amides is 1. The Morgan fingerprint density at radius 3 is 2.38 bits per heavy atom. The third kappa shape index (κ3) is 5.36. The maximum atomic E-state index is 12.9. The standard InChI is InChI=1S/C32H31N3O2/c1-21(2)27-6-4-5-7-28(27)31-33-19-26-18-30(37)35(32(26)34-31)20-24-12-15-25(16-13-24)29(36)17-14-23-10-8-22(3)9-11-23/h4-13,15-16,19,21H,14,17-18,20H2,1-3H3. The van der Waals surface area contributed by atoms with Crippen LogP contribution in [0.25, 0.3) is 11.4 Å². The highest BCUT2D eigenvalue weighted by molar-refractivity contribution is 6.00. The molecule has 0 saturated heterocycles. The van der Waals surface area contributed by atoms with E-state index in [1.165, 1.54) is 16.7 Å². The van der Waals surface area contributed by atoms with Gasteiger partial charge in [-0.3, -0.25) is 14.5 Å². The zero-order valence-electron chi connectivity index (χ0n) is 21.6. The Hall–Kier alpha value is -4.12. The van der Waals surface area contributed by atoms with E-state index >= 15 is 0 Å². The quantitative estimate of drug-likeness (QED) is 0.266. The number of Topliss-reactive ketones (excluding diaryl/α,β-unsaturated/α-hetero) is 1. The van der Waals surface area contributed by atoms with Gasteiger partial charge < -0.3 is 0 Å². The number of fused-ring (bicyclic) bond motifs is 1. The molecular formula is C32H31N3O2. The number of rotatable bonds is 8. The highest BCUT2D eigenvalue weighted by atomic mass is 16.2. The van der Waals surface area contributed by atoms with Gasteiger partial charge in [0.2, 0.25) is 5.91 Å². The van der Waals surface area contributed by atoms with Gasteiger partial charge in [-0.25, -0.2) is 9.97 Å². The van der Waals surface area contributed by atoms with Gasteiger partial charge in [-0.15, -0.1) is 0 Å². The minimum Gasteiger partial charge on any atom is -0.294 e. The van der Waals surface area contributed by atoms with Crippen molar-refractivity contribution >= 4 is 17.5 Å². The summed E-state index contributed by atoms with van der Waals surface area (Å²) in [7, 11) is 0. The van der Waals surface area contributed by atoms with Crippen LogP contribution in [0.1, 0.15) is 64.4 Å². The van der Waals surface area contributed by atoms with E-state index in [9.17, 15) is 9.59 Å². The number of ketones is 1. The van der Waals surface area contributed by atoms with Crippen molar-refractivity contribution in [3.63, 3.8) is 0 Å². The predicted molar refractivity (Wildman–Crippen MR) is 147 cm³/mol. The summed E-state index contributed by atoms with van der Waals surface area (Å²) in [5.74, 6) is 1.78. The fraction of sp³-hybridized carbons (Fsp3) is 0.250. The monoisotopic (exact) mass is 489 g/mol. The minimum atomic E-state index is 0.0110. The van der Waals surface area contributed by atoms with Crippen LogP contribution < -0.4 is 4.90 Å². The first kappa shape index (κ1) is 24.6. The molecule has 5 nitrogen and oxygen atoms in total. The summed E-state index contributed by atoms with van der Waals surface area (Å²) in [5.41, 5.74) is 7.05. The molecular weight excluding hydrogens is 458 g/mol. The SMILES string of the molecule is Cc1ccc(CCC(=O)c2ccc(CN3C(=O)Cc4cnc(-c5ccccc5C(C)C)nc43)cc2)cc1. The number of aryl methyl sites for hydroxylation is 2. The topological polar surface area (TPSA) is 63.2 Å². The summed E-state index contributed by atoms with van der Waals surface area (Å²) in [5, 5.41) is 0. The molecule has 186 valence electrons. The Morgan fingerprint density at radius 1 is 0.946 bits per heavy atom. The number of hydrogen-bond acceptors (Lipinski definition) is 4. The molecule has 0 atom stereocenters. The van der Waals surface area contributed by atoms with Crippen LogP contribution in [0, 0.1) is 6.92 Å². The lowest BCUT2D eigenvalue weighted by atomic mass is 9.97. The van der Waals surface area contributed by atoms with Crippen LogP contribution in [0.2, 0.25) is 0 Å². The normalized spacial score (nSPS) is 12.8. The van der Waals surface area contributed by atoms with E-state index in [2.05, 4.69) is 56.1 Å². The molecule has 1 aromatic heterocycles. The van der Waals surface area contributed by atoms with Crippen LogP contribution in [0.5, 0.6) is 0 Å². The summed E-state index contributed by atoms with van der Waals surface area (Å²) >= 11 is 0. The van der Waals surface area contributed by atoms with Crippen LogP contribution in [0.15, 0.2) is 79.0 Å². The van der Waals surface area contributed by atoms with Gasteiger partial charge >= 0.3 is 0 Å². The van der Waals surface area contributed by atoms with Gasteiger partial charge in [0.05, 0.1) is 13.0 Å². The van der Waals surface area contributed by atoms with Crippen molar-refractivity contribution in [2.45, 2.75) is 52.5 Å². The third-order valence-electron chi connectivity index (χ3n) is 6.94. The molecule has 3 aromatic carbocycles. The molecule has 37 heavy (non-hydrogen) atoms. The van der Waals surface area contributed by atoms with Crippen molar-refractivity contribution in [2.24, 2.45) is 0 Å². The molecule has 0 fully saturated rings. The van der Waals surface area contributed by atoms with Crippen LogP contribution in [-0.4, -0.2) is 21.7 Å². The second-order valence-corrected chi connectivity index (χ2v) is 10.0. The predicted octanol–water partition coefficient (Wildman–Crippen LogP) is 6.48. The van der Waals surface area contributed by atoms with Crippen LogP contribution in [-0.2, 0) is 24.2 Å². The van der Waals surface area contributed by atoms with Gasteiger partial charge in [-0.2, -0.15) is 0 Å². The van der Waals surface area contributed by atoms with Crippen molar-refractivity contribution in [2.75, 3.05) is 4.90 Å². The van der Waals surface area contributed by atoms with E-state index < -0.39 is 0 Å². The average molecular weight is 490 g/mol. The lowest BCUT2D eigenvalue weighted by molar-refractivity contribution is -0.117. The van der Waals surface area contributed by atoms with Gasteiger partial charge in [0.25, 0.3) is 0 Å². The smallest absolute Gasteiger partial charge is 0.233 e. The van der Waals surface area contributed by atoms with E-state index in [1.54, 1.807) is 11.1 Å².